The maximum atomic E-state index is 12.2. The molecule has 0 radical (unpaired) electrons. The van der Waals surface area contributed by atoms with Crippen molar-refractivity contribution < 1.29 is 13.6 Å². The maximum absolute atomic E-state index is 12.2. The van der Waals surface area contributed by atoms with Crippen LogP contribution >= 0.6 is 11.8 Å². The van der Waals surface area contributed by atoms with Crippen LogP contribution in [0.4, 0.5) is 5.69 Å². The van der Waals surface area contributed by atoms with Gasteiger partial charge in [-0.1, -0.05) is 23.9 Å². The zero-order valence-electron chi connectivity index (χ0n) is 13.8. The van der Waals surface area contributed by atoms with E-state index in [9.17, 15) is 4.79 Å². The Kier molecular flexibility index (Phi) is 3.67. The molecule has 1 fully saturated rings. The number of carbonyl (C=O) groups is 1. The molecule has 0 unspecified atom stereocenters. The van der Waals surface area contributed by atoms with E-state index in [-0.39, 0.29) is 11.7 Å². The number of rotatable bonds is 5. The molecule has 0 spiro atoms. The minimum atomic E-state index is -0.123. The van der Waals surface area contributed by atoms with E-state index >= 15 is 0 Å². The zero-order valence-corrected chi connectivity index (χ0v) is 14.6. The Hall–Kier alpha value is -2.80. The van der Waals surface area contributed by atoms with Gasteiger partial charge in [0, 0.05) is 11.6 Å². The second-order valence-electron chi connectivity index (χ2n) is 6.29. The maximum Gasteiger partial charge on any atom is 0.257 e. The van der Waals surface area contributed by atoms with Crippen LogP contribution in [0.25, 0.3) is 22.2 Å². The van der Waals surface area contributed by atoms with Crippen molar-refractivity contribution in [3.8, 4) is 0 Å². The molecule has 0 atom stereocenters. The van der Waals surface area contributed by atoms with Crippen LogP contribution in [0.5, 0.6) is 0 Å². The van der Waals surface area contributed by atoms with Gasteiger partial charge in [-0.05, 0) is 43.2 Å². The molecule has 6 nitrogen and oxygen atoms in total. The van der Waals surface area contributed by atoms with Crippen molar-refractivity contribution in [3.63, 3.8) is 0 Å². The van der Waals surface area contributed by atoms with Crippen molar-refractivity contribution in [3.05, 3.63) is 48.4 Å². The number of para-hydroxylation sites is 2. The second-order valence-corrected chi connectivity index (χ2v) is 7.22. The van der Waals surface area contributed by atoms with E-state index in [0.717, 1.165) is 40.9 Å². The number of fused-ring (bicyclic) bond motifs is 2. The van der Waals surface area contributed by atoms with Gasteiger partial charge in [-0.25, -0.2) is 9.97 Å². The van der Waals surface area contributed by atoms with Gasteiger partial charge in [0.2, 0.25) is 5.91 Å². The average Bonchev–Trinajstić information content (AvgIpc) is 3.27. The average molecular weight is 365 g/mol. The number of nitrogens with one attached hydrogen (secondary N) is 1. The molecular weight excluding hydrogens is 350 g/mol. The van der Waals surface area contributed by atoms with E-state index in [4.69, 9.17) is 8.83 Å². The summed E-state index contributed by atoms with van der Waals surface area (Å²) in [5.41, 5.74) is 3.75. The first-order valence-electron chi connectivity index (χ1n) is 8.43. The second kappa shape index (κ2) is 6.17. The van der Waals surface area contributed by atoms with Crippen molar-refractivity contribution in [2.75, 3.05) is 11.1 Å². The van der Waals surface area contributed by atoms with E-state index in [1.165, 1.54) is 11.8 Å². The first kappa shape index (κ1) is 15.5. The van der Waals surface area contributed by atoms with Crippen LogP contribution in [0, 0.1) is 0 Å². The number of thioether (sulfide) groups is 1. The fraction of sp³-hybridized carbons (Fsp3) is 0.211. The van der Waals surface area contributed by atoms with Crippen LogP contribution in [0.2, 0.25) is 0 Å². The van der Waals surface area contributed by atoms with Crippen LogP contribution in [0.3, 0.4) is 0 Å². The largest absolute Gasteiger partial charge is 0.440 e. The van der Waals surface area contributed by atoms with Gasteiger partial charge in [-0.2, -0.15) is 0 Å². The van der Waals surface area contributed by atoms with Crippen molar-refractivity contribution in [1.82, 2.24) is 9.97 Å². The molecule has 2 aromatic carbocycles. The molecule has 7 heteroatoms. The lowest BCUT2D eigenvalue weighted by Gasteiger charge is -2.03. The van der Waals surface area contributed by atoms with E-state index < -0.39 is 0 Å². The molecule has 5 rings (SSSR count). The van der Waals surface area contributed by atoms with Crippen LogP contribution in [-0.4, -0.2) is 21.6 Å². The Morgan fingerprint density at radius 2 is 1.92 bits per heavy atom. The predicted octanol–water partition coefficient (Wildman–Crippen LogP) is 4.58. The lowest BCUT2D eigenvalue weighted by molar-refractivity contribution is -0.113. The molecule has 0 aliphatic heterocycles. The summed E-state index contributed by atoms with van der Waals surface area (Å²) in [5.74, 6) is 1.36. The van der Waals surface area contributed by atoms with Gasteiger partial charge < -0.3 is 14.2 Å². The van der Waals surface area contributed by atoms with Crippen molar-refractivity contribution >= 4 is 45.6 Å². The molecule has 2 aromatic heterocycles. The summed E-state index contributed by atoms with van der Waals surface area (Å²) in [6, 6.07) is 13.0. The SMILES string of the molecule is O=C(CSc1nc2ccccc2o1)Nc1ccc2oc(C3CC3)nc2c1. The topological polar surface area (TPSA) is 81.2 Å². The number of hydrogen-bond donors (Lipinski definition) is 1. The normalized spacial score (nSPS) is 14.2. The molecular formula is C19H15N3O3S. The number of carbonyl (C=O) groups excluding carboxylic acids is 1. The number of oxazole rings is 2. The van der Waals surface area contributed by atoms with Crippen molar-refractivity contribution in [2.24, 2.45) is 0 Å². The molecule has 1 aliphatic rings. The van der Waals surface area contributed by atoms with Gasteiger partial charge >= 0.3 is 0 Å². The number of amides is 1. The van der Waals surface area contributed by atoms with Crippen molar-refractivity contribution in [1.29, 1.82) is 0 Å². The zero-order chi connectivity index (χ0) is 17.5. The van der Waals surface area contributed by atoms with Gasteiger partial charge in [0.1, 0.15) is 11.0 Å². The monoisotopic (exact) mass is 365 g/mol. The van der Waals surface area contributed by atoms with Gasteiger partial charge in [0.05, 0.1) is 5.75 Å². The first-order valence-corrected chi connectivity index (χ1v) is 9.42. The highest BCUT2D eigenvalue weighted by Gasteiger charge is 2.28. The summed E-state index contributed by atoms with van der Waals surface area (Å²) in [7, 11) is 0. The van der Waals surface area contributed by atoms with Crippen LogP contribution in [0.1, 0.15) is 24.7 Å². The lowest BCUT2D eigenvalue weighted by Crippen LogP contribution is -2.13. The third kappa shape index (κ3) is 3.06. The van der Waals surface area contributed by atoms with Gasteiger partial charge in [0.25, 0.3) is 5.22 Å². The van der Waals surface area contributed by atoms with Gasteiger partial charge in [-0.3, -0.25) is 4.79 Å². The molecule has 26 heavy (non-hydrogen) atoms. The minimum Gasteiger partial charge on any atom is -0.440 e. The number of nitrogens with zero attached hydrogens (tertiary/aromatic N) is 2. The summed E-state index contributed by atoms with van der Waals surface area (Å²) in [4.78, 5) is 21.1. The lowest BCUT2D eigenvalue weighted by atomic mass is 10.3. The fourth-order valence-corrected chi connectivity index (χ4v) is 3.40. The van der Waals surface area contributed by atoms with E-state index in [1.54, 1.807) is 0 Å². The van der Waals surface area contributed by atoms with E-state index in [2.05, 4.69) is 15.3 Å². The number of anilines is 1. The van der Waals surface area contributed by atoms with Crippen LogP contribution in [-0.2, 0) is 4.79 Å². The minimum absolute atomic E-state index is 0.123. The summed E-state index contributed by atoms with van der Waals surface area (Å²) >= 11 is 1.27. The third-order valence-electron chi connectivity index (χ3n) is 4.22. The van der Waals surface area contributed by atoms with Gasteiger partial charge in [-0.15, -0.1) is 0 Å². The highest BCUT2D eigenvalue weighted by molar-refractivity contribution is 7.99. The molecule has 130 valence electrons. The molecule has 1 saturated carbocycles. The summed E-state index contributed by atoms with van der Waals surface area (Å²) in [5, 5.41) is 3.37. The van der Waals surface area contributed by atoms with Crippen LogP contribution in [0.15, 0.2) is 56.5 Å². The standard InChI is InChI=1S/C19H15N3O3S/c23-17(10-26-19-22-13-3-1-2-4-15(13)25-19)20-12-7-8-16-14(9-12)21-18(24-16)11-5-6-11/h1-4,7-9,11H,5-6,10H2,(H,20,23). The summed E-state index contributed by atoms with van der Waals surface area (Å²) < 4.78 is 11.3. The summed E-state index contributed by atoms with van der Waals surface area (Å²) in [6.07, 6.45) is 2.28. The van der Waals surface area contributed by atoms with Crippen LogP contribution < -0.4 is 5.32 Å². The highest BCUT2D eigenvalue weighted by Crippen LogP contribution is 2.40. The van der Waals surface area contributed by atoms with E-state index in [1.807, 2.05) is 42.5 Å². The molecule has 0 saturated heterocycles. The van der Waals surface area contributed by atoms with Gasteiger partial charge in [0.15, 0.2) is 17.1 Å². The number of aromatic nitrogens is 2. The van der Waals surface area contributed by atoms with Crippen molar-refractivity contribution in [2.45, 2.75) is 24.0 Å². The Bertz CT molecular complexity index is 1080. The fourth-order valence-electron chi connectivity index (χ4n) is 2.77. The predicted molar refractivity (Wildman–Crippen MR) is 99.3 cm³/mol. The Labute approximate surface area is 153 Å². The molecule has 1 N–H and O–H groups in total. The molecule has 1 aliphatic carbocycles. The molecule has 2 heterocycles. The number of benzene rings is 2. The Morgan fingerprint density at radius 1 is 1.08 bits per heavy atom. The molecule has 4 aromatic rings. The summed E-state index contributed by atoms with van der Waals surface area (Å²) in [6.45, 7) is 0. The third-order valence-corrected chi connectivity index (χ3v) is 5.04. The molecule has 0 bridgehead atoms. The number of hydrogen-bond acceptors (Lipinski definition) is 6. The smallest absolute Gasteiger partial charge is 0.257 e. The quantitative estimate of drug-likeness (QED) is 0.522. The Morgan fingerprint density at radius 3 is 2.77 bits per heavy atom. The highest BCUT2D eigenvalue weighted by atomic mass is 32.2. The Balaban J connectivity index is 1.25. The van der Waals surface area contributed by atoms with E-state index in [0.29, 0.717) is 16.8 Å². The first-order chi connectivity index (χ1) is 12.7. The molecule has 1 amide bonds.